The van der Waals surface area contributed by atoms with Crippen LogP contribution in [0.1, 0.15) is 11.1 Å². The molecular weight excluding hydrogens is 551 g/mol. The van der Waals surface area contributed by atoms with E-state index < -0.39 is 39.2 Å². The van der Waals surface area contributed by atoms with Crippen LogP contribution in [0.15, 0.2) is 70.4 Å². The molecule has 0 unspecified atom stereocenters. The van der Waals surface area contributed by atoms with Gasteiger partial charge in [0, 0.05) is 12.7 Å². The number of aromatic nitrogens is 1. The van der Waals surface area contributed by atoms with Crippen molar-refractivity contribution in [1.29, 1.82) is 0 Å². The smallest absolute Gasteiger partial charge is 0.324 e. The summed E-state index contributed by atoms with van der Waals surface area (Å²) in [6.07, 6.45) is -4.85. The molecule has 0 saturated heterocycles. The van der Waals surface area contributed by atoms with Crippen molar-refractivity contribution in [2.75, 3.05) is 16.2 Å². The molecule has 0 fully saturated rings. The molecule has 194 valence electrons. The van der Waals surface area contributed by atoms with Gasteiger partial charge in [-0.15, -0.1) is 0 Å². The normalized spacial score (nSPS) is 12.1. The number of amides is 1. The van der Waals surface area contributed by atoms with Crippen LogP contribution in [0.3, 0.4) is 0 Å². The van der Waals surface area contributed by atoms with Crippen LogP contribution in [0.25, 0.3) is 10.2 Å². The van der Waals surface area contributed by atoms with Gasteiger partial charge in [-0.2, -0.15) is 13.2 Å². The van der Waals surface area contributed by atoms with Crippen LogP contribution in [-0.2, 0) is 28.0 Å². The minimum absolute atomic E-state index is 0.197. The summed E-state index contributed by atoms with van der Waals surface area (Å²) in [5.74, 6) is -0.804. The Kier molecular flexibility index (Phi) is 7.10. The van der Waals surface area contributed by atoms with Crippen LogP contribution in [0, 0.1) is 6.92 Å². The number of fused-ring (bicyclic) bond motifs is 1. The van der Waals surface area contributed by atoms with Gasteiger partial charge in [0.25, 0.3) is 10.0 Å². The average Bonchev–Trinajstić information content (AvgIpc) is 3.10. The summed E-state index contributed by atoms with van der Waals surface area (Å²) in [6, 6.07) is 13.0. The molecule has 1 amide bonds. The molecule has 0 aliphatic carbocycles. The average molecular weight is 570 g/mol. The van der Waals surface area contributed by atoms with Gasteiger partial charge in [-0.25, -0.2) is 8.42 Å². The molecule has 0 saturated carbocycles. The van der Waals surface area contributed by atoms with E-state index in [1.54, 1.807) is 26.1 Å². The molecule has 4 aromatic rings. The maximum Gasteiger partial charge on any atom is 0.417 e. The number of alkyl halides is 3. The highest BCUT2D eigenvalue weighted by Gasteiger charge is 2.35. The topological polar surface area (TPSA) is 88.5 Å². The number of rotatable bonds is 6. The second kappa shape index (κ2) is 9.84. The molecule has 3 aromatic carbocycles. The minimum Gasteiger partial charge on any atom is -0.324 e. The Bertz CT molecular complexity index is 1660. The number of carbonyl (C=O) groups excluding carboxylic acids is 1. The van der Waals surface area contributed by atoms with E-state index in [0.717, 1.165) is 29.0 Å². The van der Waals surface area contributed by atoms with Gasteiger partial charge in [0.05, 0.1) is 31.4 Å². The predicted octanol–water partition coefficient (Wildman–Crippen LogP) is 5.41. The maximum absolute atomic E-state index is 13.5. The molecule has 0 spiro atoms. The van der Waals surface area contributed by atoms with Gasteiger partial charge in [0.2, 0.25) is 5.91 Å². The van der Waals surface area contributed by atoms with Crippen molar-refractivity contribution < 1.29 is 26.4 Å². The van der Waals surface area contributed by atoms with E-state index in [4.69, 9.17) is 11.6 Å². The lowest BCUT2D eigenvalue weighted by atomic mass is 10.2. The molecule has 1 N–H and O–H groups in total. The Morgan fingerprint density at radius 3 is 2.41 bits per heavy atom. The van der Waals surface area contributed by atoms with Crippen molar-refractivity contribution in [2.45, 2.75) is 18.0 Å². The standard InChI is InChI=1S/C24H19ClF3N3O4S2/c1-14-3-7-17(8-4-14)37(34,35)31(16-6-9-19(25)18(12-16)24(26,27)28)13-22(32)29-15-5-10-20-21(11-15)36-23(33)30(20)2/h3-12H,13H2,1-2H3,(H,29,32). The number of nitrogens with zero attached hydrogens (tertiary/aromatic N) is 2. The number of halogens is 4. The van der Waals surface area contributed by atoms with Gasteiger partial charge in [-0.05, 0) is 55.5 Å². The molecule has 0 atom stereocenters. The fourth-order valence-electron chi connectivity index (χ4n) is 3.58. The zero-order valence-electron chi connectivity index (χ0n) is 19.3. The summed E-state index contributed by atoms with van der Waals surface area (Å²) in [7, 11) is -2.85. The highest BCUT2D eigenvalue weighted by Crippen LogP contribution is 2.38. The molecule has 0 radical (unpaired) electrons. The largest absolute Gasteiger partial charge is 0.417 e. The van der Waals surface area contributed by atoms with Crippen molar-refractivity contribution in [2.24, 2.45) is 7.05 Å². The summed E-state index contributed by atoms with van der Waals surface area (Å²) >= 11 is 6.69. The highest BCUT2D eigenvalue weighted by atomic mass is 35.5. The number of sulfonamides is 1. The Hall–Kier alpha value is -3.35. The van der Waals surface area contributed by atoms with E-state index in [1.165, 1.54) is 34.9 Å². The SMILES string of the molecule is Cc1ccc(S(=O)(=O)N(CC(=O)Nc2ccc3c(c2)sc(=O)n3C)c2ccc(Cl)c(C(F)(F)F)c2)cc1. The highest BCUT2D eigenvalue weighted by molar-refractivity contribution is 7.92. The van der Waals surface area contributed by atoms with Crippen LogP contribution in [0.5, 0.6) is 0 Å². The van der Waals surface area contributed by atoms with Crippen molar-refractivity contribution in [3.63, 3.8) is 0 Å². The van der Waals surface area contributed by atoms with Crippen LogP contribution in [0.2, 0.25) is 5.02 Å². The van der Waals surface area contributed by atoms with Gasteiger partial charge in [-0.1, -0.05) is 40.6 Å². The van der Waals surface area contributed by atoms with Crippen LogP contribution in [-0.4, -0.2) is 25.4 Å². The lowest BCUT2D eigenvalue weighted by Gasteiger charge is -2.25. The second-order valence-electron chi connectivity index (χ2n) is 8.14. The quantitative estimate of drug-likeness (QED) is 0.336. The van der Waals surface area contributed by atoms with Gasteiger partial charge >= 0.3 is 11.0 Å². The van der Waals surface area contributed by atoms with Gasteiger partial charge in [0.15, 0.2) is 0 Å². The van der Waals surface area contributed by atoms with Crippen molar-refractivity contribution >= 4 is 60.5 Å². The number of thiazole rings is 1. The van der Waals surface area contributed by atoms with Gasteiger partial charge in [0.1, 0.15) is 6.54 Å². The fourth-order valence-corrected chi connectivity index (χ4v) is 6.14. The van der Waals surface area contributed by atoms with Crippen molar-refractivity contribution in [3.05, 3.63) is 86.5 Å². The maximum atomic E-state index is 13.5. The number of hydrogen-bond acceptors (Lipinski definition) is 5. The van der Waals surface area contributed by atoms with E-state index >= 15 is 0 Å². The molecule has 37 heavy (non-hydrogen) atoms. The Labute approximate surface area is 218 Å². The van der Waals surface area contributed by atoms with Crippen molar-refractivity contribution in [1.82, 2.24) is 4.57 Å². The summed E-state index contributed by atoms with van der Waals surface area (Å²) in [5.41, 5.74) is 0.0917. The molecule has 0 aliphatic rings. The molecule has 0 aliphatic heterocycles. The number of benzene rings is 3. The summed E-state index contributed by atoms with van der Waals surface area (Å²) < 4.78 is 70.1. The third kappa shape index (κ3) is 5.50. The predicted molar refractivity (Wildman–Crippen MR) is 138 cm³/mol. The first kappa shape index (κ1) is 26.7. The second-order valence-corrected chi connectivity index (χ2v) is 11.4. The Morgan fingerprint density at radius 1 is 1.08 bits per heavy atom. The monoisotopic (exact) mass is 569 g/mol. The molecule has 7 nitrogen and oxygen atoms in total. The van der Waals surface area contributed by atoms with Crippen molar-refractivity contribution in [3.8, 4) is 0 Å². The first-order valence-corrected chi connectivity index (χ1v) is 13.3. The van der Waals surface area contributed by atoms with E-state index in [1.807, 2.05) is 0 Å². The first-order valence-electron chi connectivity index (χ1n) is 10.6. The van der Waals surface area contributed by atoms with Gasteiger partial charge < -0.3 is 9.88 Å². The zero-order chi connectivity index (χ0) is 27.1. The number of aryl methyl sites for hydroxylation is 2. The molecule has 13 heteroatoms. The zero-order valence-corrected chi connectivity index (χ0v) is 21.7. The first-order chi connectivity index (χ1) is 17.3. The number of nitrogens with one attached hydrogen (secondary N) is 1. The third-order valence-corrected chi connectivity index (χ3v) is 8.63. The van der Waals surface area contributed by atoms with E-state index in [-0.39, 0.29) is 15.5 Å². The molecule has 4 rings (SSSR count). The van der Waals surface area contributed by atoms with Crippen LogP contribution < -0.4 is 14.5 Å². The van der Waals surface area contributed by atoms with Crippen LogP contribution in [0.4, 0.5) is 24.5 Å². The summed E-state index contributed by atoms with van der Waals surface area (Å²) in [5, 5.41) is 1.95. The fraction of sp³-hybridized carbons (Fsp3) is 0.167. The van der Waals surface area contributed by atoms with E-state index in [2.05, 4.69) is 5.32 Å². The lowest BCUT2D eigenvalue weighted by Crippen LogP contribution is -2.38. The third-order valence-electron chi connectivity index (χ3n) is 5.52. The summed E-state index contributed by atoms with van der Waals surface area (Å²) in [6.45, 7) is 0.925. The summed E-state index contributed by atoms with van der Waals surface area (Å²) in [4.78, 5) is 24.4. The Morgan fingerprint density at radius 2 is 1.76 bits per heavy atom. The van der Waals surface area contributed by atoms with E-state index in [0.29, 0.717) is 26.3 Å². The van der Waals surface area contributed by atoms with Crippen LogP contribution >= 0.6 is 22.9 Å². The lowest BCUT2D eigenvalue weighted by molar-refractivity contribution is -0.137. The minimum atomic E-state index is -4.85. The molecule has 1 aromatic heterocycles. The molecule has 0 bridgehead atoms. The van der Waals surface area contributed by atoms with E-state index in [9.17, 15) is 31.2 Å². The number of anilines is 2. The molecular formula is C24H19ClF3N3O4S2. The van der Waals surface area contributed by atoms with Gasteiger partial charge in [-0.3, -0.25) is 13.9 Å². The number of hydrogen-bond donors (Lipinski definition) is 1. The number of carbonyl (C=O) groups is 1. The Balaban J connectivity index is 1.72. The molecule has 1 heterocycles.